The highest BCUT2D eigenvalue weighted by Crippen LogP contribution is 2.30. The molecular weight excluding hydrogens is 302 g/mol. The molecule has 0 amide bonds. The van der Waals surface area contributed by atoms with Crippen molar-refractivity contribution >= 4 is 15.9 Å². The van der Waals surface area contributed by atoms with E-state index in [0.29, 0.717) is 0 Å². The number of hydrogen-bond donors (Lipinski definition) is 1. The second-order valence-corrected chi connectivity index (χ2v) is 5.80. The molecule has 0 saturated carbocycles. The molecule has 19 heavy (non-hydrogen) atoms. The predicted molar refractivity (Wildman–Crippen MR) is 82.6 cm³/mol. The van der Waals surface area contributed by atoms with Crippen LogP contribution in [0, 0.1) is 17.2 Å². The maximum absolute atomic E-state index is 9.01. The quantitative estimate of drug-likeness (QED) is 0.873. The van der Waals surface area contributed by atoms with Gasteiger partial charge in [-0.2, -0.15) is 5.26 Å². The smallest absolute Gasteiger partial charge is 0.0666 e. The van der Waals surface area contributed by atoms with Crippen molar-refractivity contribution in [2.24, 2.45) is 11.7 Å². The van der Waals surface area contributed by atoms with E-state index >= 15 is 0 Å². The highest BCUT2D eigenvalue weighted by molar-refractivity contribution is 9.10. The third-order valence-electron chi connectivity index (χ3n) is 3.25. The van der Waals surface area contributed by atoms with Gasteiger partial charge in [-0.25, -0.2) is 0 Å². The minimum atomic E-state index is 0.00341. The number of nitriles is 1. The van der Waals surface area contributed by atoms with Gasteiger partial charge in [0, 0.05) is 17.1 Å². The Morgan fingerprint density at radius 3 is 2.47 bits per heavy atom. The Hall–Kier alpha value is -0.890. The molecule has 0 aliphatic rings. The monoisotopic (exact) mass is 323 g/mol. The summed E-state index contributed by atoms with van der Waals surface area (Å²) in [6, 6.07) is 10.6. The van der Waals surface area contributed by atoms with E-state index < -0.39 is 0 Å². The van der Waals surface area contributed by atoms with Gasteiger partial charge in [0.15, 0.2) is 0 Å². The number of halogens is 1. The lowest BCUT2D eigenvalue weighted by atomic mass is 9.98. The van der Waals surface area contributed by atoms with Crippen LogP contribution in [-0.2, 0) is 0 Å². The van der Waals surface area contributed by atoms with Crippen LogP contribution in [0.15, 0.2) is 28.7 Å². The first-order valence-electron chi connectivity index (χ1n) is 6.64. The first-order chi connectivity index (χ1) is 9.01. The highest BCUT2D eigenvalue weighted by atomic mass is 79.9. The van der Waals surface area contributed by atoms with Crippen LogP contribution >= 0.6 is 15.9 Å². The summed E-state index contributed by atoms with van der Waals surface area (Å²) in [5, 5.41) is 9.01. The van der Waals surface area contributed by atoms with Crippen LogP contribution in [0.25, 0.3) is 0 Å². The van der Waals surface area contributed by atoms with Gasteiger partial charge in [0.05, 0.1) is 18.0 Å². The third kappa shape index (κ3) is 4.31. The molecule has 0 aromatic heterocycles. The summed E-state index contributed by atoms with van der Waals surface area (Å²) in [7, 11) is 0. The Bertz CT molecular complexity index is 439. The molecule has 2 N–H and O–H groups in total. The fraction of sp³-hybridized carbons (Fsp3) is 0.533. The first-order valence-corrected chi connectivity index (χ1v) is 7.44. The Morgan fingerprint density at radius 1 is 1.37 bits per heavy atom. The van der Waals surface area contributed by atoms with E-state index in [1.807, 2.05) is 32.0 Å². The molecule has 3 nitrogen and oxygen atoms in total. The fourth-order valence-corrected chi connectivity index (χ4v) is 2.88. The lowest BCUT2D eigenvalue weighted by molar-refractivity contribution is 0.172. The maximum Gasteiger partial charge on any atom is 0.0666 e. The van der Waals surface area contributed by atoms with E-state index in [2.05, 4.69) is 39.9 Å². The number of nitrogens with zero attached hydrogens (tertiary/aromatic N) is 2. The molecule has 0 saturated heterocycles. The summed E-state index contributed by atoms with van der Waals surface area (Å²) < 4.78 is 1.07. The van der Waals surface area contributed by atoms with Gasteiger partial charge in [-0.15, -0.1) is 0 Å². The average Bonchev–Trinajstić information content (AvgIpc) is 2.39. The van der Waals surface area contributed by atoms with Crippen molar-refractivity contribution in [2.75, 3.05) is 13.1 Å². The summed E-state index contributed by atoms with van der Waals surface area (Å²) in [6.45, 7) is 7.68. The third-order valence-corrected chi connectivity index (χ3v) is 3.97. The Labute approximate surface area is 124 Å². The molecule has 0 fully saturated rings. The van der Waals surface area contributed by atoms with Crippen molar-refractivity contribution in [2.45, 2.75) is 32.9 Å². The van der Waals surface area contributed by atoms with Gasteiger partial charge >= 0.3 is 0 Å². The zero-order valence-electron chi connectivity index (χ0n) is 11.8. The second kappa shape index (κ2) is 7.64. The van der Waals surface area contributed by atoms with Gasteiger partial charge < -0.3 is 5.73 Å². The van der Waals surface area contributed by atoms with Crippen molar-refractivity contribution in [3.05, 3.63) is 34.3 Å². The van der Waals surface area contributed by atoms with E-state index in [4.69, 9.17) is 11.0 Å². The van der Waals surface area contributed by atoms with E-state index in [9.17, 15) is 0 Å². The normalized spacial score (nSPS) is 15.8. The summed E-state index contributed by atoms with van der Waals surface area (Å²) in [5.41, 5.74) is 7.37. The number of nitrogens with two attached hydrogens (primary N) is 1. The van der Waals surface area contributed by atoms with Crippen molar-refractivity contribution < 1.29 is 0 Å². The predicted octanol–water partition coefficient (Wildman–Crippen LogP) is 3.32. The van der Waals surface area contributed by atoms with Gasteiger partial charge in [-0.05, 0) is 32.0 Å². The van der Waals surface area contributed by atoms with Crippen LogP contribution in [-0.4, -0.2) is 24.0 Å². The van der Waals surface area contributed by atoms with Gasteiger partial charge in [-0.1, -0.05) is 41.1 Å². The molecule has 0 aliphatic carbocycles. The molecular formula is C15H22BrN3. The summed E-state index contributed by atoms with van der Waals surface area (Å²) in [5.74, 6) is 0.00341. The number of rotatable bonds is 6. The van der Waals surface area contributed by atoms with Crippen molar-refractivity contribution in [1.82, 2.24) is 4.90 Å². The van der Waals surface area contributed by atoms with E-state index in [1.165, 1.54) is 5.56 Å². The minimum Gasteiger partial charge on any atom is -0.326 e. The largest absolute Gasteiger partial charge is 0.326 e. The zero-order chi connectivity index (χ0) is 14.4. The van der Waals surface area contributed by atoms with Gasteiger partial charge in [-0.3, -0.25) is 4.90 Å². The molecule has 3 unspecified atom stereocenters. The zero-order valence-corrected chi connectivity index (χ0v) is 13.4. The first kappa shape index (κ1) is 16.2. The summed E-state index contributed by atoms with van der Waals surface area (Å²) in [4.78, 5) is 2.28. The molecule has 1 rings (SSSR count). The summed E-state index contributed by atoms with van der Waals surface area (Å²) in [6.07, 6.45) is 0. The van der Waals surface area contributed by atoms with Crippen molar-refractivity contribution in [3.63, 3.8) is 0 Å². The second-order valence-electron chi connectivity index (χ2n) is 4.94. The van der Waals surface area contributed by atoms with Crippen LogP contribution < -0.4 is 5.73 Å². The van der Waals surface area contributed by atoms with Crippen molar-refractivity contribution in [3.8, 4) is 6.07 Å². The molecule has 0 radical (unpaired) electrons. The minimum absolute atomic E-state index is 0.00341. The highest BCUT2D eigenvalue weighted by Gasteiger charge is 2.25. The SMILES string of the molecule is CCN(CC(C)C#N)C(c1ccccc1Br)C(C)N. The summed E-state index contributed by atoms with van der Waals surface area (Å²) >= 11 is 3.60. The molecule has 0 aliphatic heterocycles. The van der Waals surface area contributed by atoms with E-state index in [-0.39, 0.29) is 18.0 Å². The van der Waals surface area contributed by atoms with Crippen LogP contribution in [0.1, 0.15) is 32.4 Å². The van der Waals surface area contributed by atoms with Gasteiger partial charge in [0.2, 0.25) is 0 Å². The van der Waals surface area contributed by atoms with E-state index in [1.54, 1.807) is 0 Å². The Morgan fingerprint density at radius 2 is 2.00 bits per heavy atom. The molecule has 0 heterocycles. The lowest BCUT2D eigenvalue weighted by Crippen LogP contribution is -2.41. The lowest BCUT2D eigenvalue weighted by Gasteiger charge is -2.35. The molecule has 104 valence electrons. The number of benzene rings is 1. The van der Waals surface area contributed by atoms with Crippen LogP contribution in [0.5, 0.6) is 0 Å². The van der Waals surface area contributed by atoms with Gasteiger partial charge in [0.25, 0.3) is 0 Å². The Balaban J connectivity index is 3.06. The number of likely N-dealkylation sites (N-methyl/N-ethyl adjacent to an activating group) is 1. The van der Waals surface area contributed by atoms with Gasteiger partial charge in [0.1, 0.15) is 0 Å². The molecule has 0 spiro atoms. The number of hydrogen-bond acceptors (Lipinski definition) is 3. The topological polar surface area (TPSA) is 53.0 Å². The van der Waals surface area contributed by atoms with Crippen molar-refractivity contribution in [1.29, 1.82) is 5.26 Å². The fourth-order valence-electron chi connectivity index (χ4n) is 2.36. The molecule has 3 atom stereocenters. The Kier molecular flexibility index (Phi) is 6.50. The van der Waals surface area contributed by atoms with Crippen LogP contribution in [0.4, 0.5) is 0 Å². The molecule has 1 aromatic carbocycles. The maximum atomic E-state index is 9.01. The van der Waals surface area contributed by atoms with Crippen LogP contribution in [0.3, 0.4) is 0 Å². The molecule has 4 heteroatoms. The molecule has 0 bridgehead atoms. The molecule has 1 aromatic rings. The van der Waals surface area contributed by atoms with E-state index in [0.717, 1.165) is 17.6 Å². The average molecular weight is 324 g/mol. The van der Waals surface area contributed by atoms with Crippen LogP contribution in [0.2, 0.25) is 0 Å². The standard InChI is InChI=1S/C15H22BrN3/c1-4-19(10-11(2)9-17)15(12(3)18)13-7-5-6-8-14(13)16/h5-8,11-12,15H,4,10,18H2,1-3H3.